The molecular formula is C28H35N7. The van der Waals surface area contributed by atoms with Crippen molar-refractivity contribution in [3.63, 3.8) is 0 Å². The summed E-state index contributed by atoms with van der Waals surface area (Å²) in [6.07, 6.45) is 10.3. The Labute approximate surface area is 207 Å². The molecule has 7 nitrogen and oxygen atoms in total. The van der Waals surface area contributed by atoms with E-state index in [4.69, 9.17) is 16.6 Å². The molecule has 0 fully saturated rings. The number of aryl methyl sites for hydroxylation is 3. The molecule has 1 heterocycles. The van der Waals surface area contributed by atoms with Gasteiger partial charge in [0, 0.05) is 11.3 Å². The van der Waals surface area contributed by atoms with Crippen LogP contribution in [0.15, 0.2) is 54.1 Å². The molecule has 0 bridgehead atoms. The molecule has 5 rings (SSSR count). The van der Waals surface area contributed by atoms with Gasteiger partial charge in [0.15, 0.2) is 0 Å². The van der Waals surface area contributed by atoms with Crippen LogP contribution >= 0.6 is 0 Å². The number of allylic oxidation sites excluding steroid dienone is 2. The molecule has 0 atom stereocenters. The molecule has 0 spiro atoms. The lowest BCUT2D eigenvalue weighted by Crippen LogP contribution is -2.15. The van der Waals surface area contributed by atoms with Gasteiger partial charge in [-0.25, -0.2) is 0 Å². The van der Waals surface area contributed by atoms with Crippen molar-refractivity contribution in [2.75, 3.05) is 11.1 Å². The van der Waals surface area contributed by atoms with Gasteiger partial charge in [0.05, 0.1) is 5.71 Å². The van der Waals surface area contributed by atoms with Crippen LogP contribution in [-0.2, 0) is 19.3 Å². The van der Waals surface area contributed by atoms with Crippen molar-refractivity contribution in [3.8, 4) is 0 Å². The van der Waals surface area contributed by atoms with E-state index in [0.29, 0.717) is 11.7 Å². The first-order valence-corrected chi connectivity index (χ1v) is 12.7. The summed E-state index contributed by atoms with van der Waals surface area (Å²) in [4.78, 5) is 4.32. The Hall–Kier alpha value is -3.74. The van der Waals surface area contributed by atoms with Gasteiger partial charge < -0.3 is 11.1 Å². The van der Waals surface area contributed by atoms with Crippen LogP contribution in [0.5, 0.6) is 0 Å². The first-order valence-electron chi connectivity index (χ1n) is 12.7. The topological polar surface area (TPSA) is 116 Å². The Morgan fingerprint density at radius 2 is 1.69 bits per heavy atom. The van der Waals surface area contributed by atoms with Gasteiger partial charge in [0.2, 0.25) is 11.9 Å². The zero-order chi connectivity index (χ0) is 24.8. The van der Waals surface area contributed by atoms with Crippen LogP contribution in [-0.4, -0.2) is 26.3 Å². The van der Waals surface area contributed by atoms with Gasteiger partial charge in [-0.15, -0.1) is 5.10 Å². The SMILES string of the molecule is CC.N=C1/C(=C\C(=N)n2nc(Nc3ccc4c(c3)CCCCC4)nc2N)CCCc2ccccc21. The monoisotopic (exact) mass is 469 g/mol. The molecule has 35 heavy (non-hydrogen) atoms. The highest BCUT2D eigenvalue weighted by atomic mass is 15.4. The van der Waals surface area contributed by atoms with Crippen LogP contribution in [0.4, 0.5) is 17.6 Å². The van der Waals surface area contributed by atoms with E-state index in [1.54, 1.807) is 6.08 Å². The lowest BCUT2D eigenvalue weighted by molar-refractivity contribution is 0.711. The van der Waals surface area contributed by atoms with E-state index >= 15 is 0 Å². The summed E-state index contributed by atoms with van der Waals surface area (Å²) in [6.45, 7) is 4.00. The highest BCUT2D eigenvalue weighted by molar-refractivity contribution is 6.14. The third-order valence-corrected chi connectivity index (χ3v) is 6.53. The van der Waals surface area contributed by atoms with E-state index in [-0.39, 0.29) is 11.8 Å². The highest BCUT2D eigenvalue weighted by Gasteiger charge is 2.18. The van der Waals surface area contributed by atoms with Crippen molar-refractivity contribution in [1.82, 2.24) is 14.8 Å². The van der Waals surface area contributed by atoms with Crippen LogP contribution in [0.25, 0.3) is 0 Å². The predicted octanol–water partition coefficient (Wildman–Crippen LogP) is 6.06. The molecule has 0 amide bonds. The zero-order valence-electron chi connectivity index (χ0n) is 20.7. The van der Waals surface area contributed by atoms with E-state index in [1.807, 2.05) is 32.0 Å². The second-order valence-corrected chi connectivity index (χ2v) is 8.82. The fraction of sp³-hybridized carbons (Fsp3) is 0.357. The van der Waals surface area contributed by atoms with Crippen LogP contribution in [0.3, 0.4) is 0 Å². The van der Waals surface area contributed by atoms with E-state index in [2.05, 4.69) is 39.7 Å². The first-order chi connectivity index (χ1) is 17.1. The summed E-state index contributed by atoms with van der Waals surface area (Å²) in [5.74, 6) is 0.620. The van der Waals surface area contributed by atoms with Gasteiger partial charge in [0.1, 0.15) is 5.84 Å². The number of nitrogens with zero attached hydrogens (tertiary/aromatic N) is 3. The Morgan fingerprint density at radius 1 is 0.943 bits per heavy atom. The van der Waals surface area contributed by atoms with Gasteiger partial charge in [-0.05, 0) is 85.4 Å². The third-order valence-electron chi connectivity index (χ3n) is 6.53. The molecule has 2 aromatic carbocycles. The smallest absolute Gasteiger partial charge is 0.248 e. The number of rotatable bonds is 3. The molecule has 3 aromatic rings. The van der Waals surface area contributed by atoms with E-state index in [0.717, 1.165) is 48.9 Å². The molecule has 2 aliphatic rings. The number of nitrogens with one attached hydrogen (secondary N) is 3. The average Bonchev–Trinajstić information content (AvgIpc) is 3.01. The minimum absolute atomic E-state index is 0.106. The number of anilines is 3. The zero-order valence-corrected chi connectivity index (χ0v) is 20.7. The molecule has 2 aliphatic carbocycles. The maximum Gasteiger partial charge on any atom is 0.248 e. The Bertz CT molecular complexity index is 1250. The van der Waals surface area contributed by atoms with Crippen LogP contribution in [0.2, 0.25) is 0 Å². The fourth-order valence-corrected chi connectivity index (χ4v) is 4.79. The van der Waals surface area contributed by atoms with Gasteiger partial charge in [-0.2, -0.15) is 9.67 Å². The molecular weight excluding hydrogens is 434 g/mol. The number of hydrogen-bond acceptors (Lipinski definition) is 6. The molecule has 182 valence electrons. The molecule has 5 N–H and O–H groups in total. The minimum Gasteiger partial charge on any atom is -0.368 e. The third kappa shape index (κ3) is 5.50. The second-order valence-electron chi connectivity index (χ2n) is 8.82. The molecule has 7 heteroatoms. The van der Waals surface area contributed by atoms with Crippen molar-refractivity contribution in [3.05, 3.63) is 76.4 Å². The van der Waals surface area contributed by atoms with Crippen molar-refractivity contribution in [2.24, 2.45) is 0 Å². The van der Waals surface area contributed by atoms with Crippen LogP contribution < -0.4 is 11.1 Å². The highest BCUT2D eigenvalue weighted by Crippen LogP contribution is 2.26. The van der Waals surface area contributed by atoms with Crippen molar-refractivity contribution < 1.29 is 0 Å². The molecule has 0 saturated carbocycles. The summed E-state index contributed by atoms with van der Waals surface area (Å²) in [7, 11) is 0. The van der Waals surface area contributed by atoms with Crippen molar-refractivity contribution >= 4 is 29.1 Å². The fourth-order valence-electron chi connectivity index (χ4n) is 4.79. The minimum atomic E-state index is 0.106. The lowest BCUT2D eigenvalue weighted by atomic mass is 9.99. The Morgan fingerprint density at radius 3 is 2.51 bits per heavy atom. The van der Waals surface area contributed by atoms with E-state index in [1.165, 1.54) is 40.6 Å². The van der Waals surface area contributed by atoms with Gasteiger partial charge in [0.25, 0.3) is 0 Å². The maximum absolute atomic E-state index is 8.67. The van der Waals surface area contributed by atoms with Crippen molar-refractivity contribution in [1.29, 1.82) is 10.8 Å². The number of hydrogen-bond donors (Lipinski definition) is 4. The summed E-state index contributed by atoms with van der Waals surface area (Å²) >= 11 is 0. The van der Waals surface area contributed by atoms with Gasteiger partial charge >= 0.3 is 0 Å². The quantitative estimate of drug-likeness (QED) is 0.212. The normalized spacial score (nSPS) is 16.3. The van der Waals surface area contributed by atoms with Crippen LogP contribution in [0.1, 0.15) is 68.2 Å². The molecule has 0 saturated heterocycles. The Kier molecular flexibility index (Phi) is 7.75. The van der Waals surface area contributed by atoms with E-state index in [9.17, 15) is 0 Å². The average molecular weight is 470 g/mol. The second kappa shape index (κ2) is 11.1. The molecule has 0 unspecified atom stereocenters. The van der Waals surface area contributed by atoms with Crippen LogP contribution in [0, 0.1) is 10.8 Å². The summed E-state index contributed by atoms with van der Waals surface area (Å²) in [5, 5.41) is 24.9. The molecule has 0 aliphatic heterocycles. The predicted molar refractivity (Wildman–Crippen MR) is 144 cm³/mol. The molecule has 1 aromatic heterocycles. The number of fused-ring (bicyclic) bond motifs is 2. The van der Waals surface area contributed by atoms with Crippen molar-refractivity contribution in [2.45, 2.75) is 65.2 Å². The summed E-state index contributed by atoms with van der Waals surface area (Å²) < 4.78 is 1.32. The summed E-state index contributed by atoms with van der Waals surface area (Å²) in [6, 6.07) is 14.4. The maximum atomic E-state index is 8.67. The lowest BCUT2D eigenvalue weighted by Gasteiger charge is -2.09. The Balaban J connectivity index is 0.00000141. The standard InChI is InChI=1S/C26H29N7.C2H6/c27-23(16-20-11-6-10-18-8-4-5-12-22(18)24(20)28)33-25(29)31-26(32-33)30-21-14-13-17-7-2-1-3-9-19(17)15-21;1-2/h4-5,8,12-16,27-28H,1-3,6-7,9-11H2,(H3,29,30,31,32);1-2H3/b20-16-,27-23?,28-24?;. The van der Waals surface area contributed by atoms with E-state index < -0.39 is 0 Å². The number of benzene rings is 2. The first kappa shape index (κ1) is 24.4. The van der Waals surface area contributed by atoms with Gasteiger partial charge in [-0.1, -0.05) is 50.6 Å². The summed E-state index contributed by atoms with van der Waals surface area (Å²) in [5.41, 5.74) is 13.3. The number of nitrogen functional groups attached to an aromatic ring is 1. The largest absolute Gasteiger partial charge is 0.368 e. The number of nitrogens with two attached hydrogens (primary N) is 1. The van der Waals surface area contributed by atoms with Gasteiger partial charge in [-0.3, -0.25) is 10.8 Å². The molecule has 0 radical (unpaired) electrons. The number of aromatic nitrogens is 3.